The monoisotopic (exact) mass is 270 g/mol. The minimum atomic E-state index is 0.488. The summed E-state index contributed by atoms with van der Waals surface area (Å²) < 4.78 is 12.5. The number of nitrogens with zero attached hydrogens (tertiary/aromatic N) is 4. The molecule has 0 N–H and O–H groups in total. The average Bonchev–Trinajstić information content (AvgIpc) is 3.09. The van der Waals surface area contributed by atoms with Crippen molar-refractivity contribution in [2.45, 2.75) is 6.42 Å². The normalized spacial score (nSPS) is 10.7. The van der Waals surface area contributed by atoms with Crippen molar-refractivity contribution in [1.29, 1.82) is 0 Å². The molecular formula is C14H14N4O2. The Bertz CT molecular complexity index is 700. The topological polar surface area (TPSA) is 66.0 Å². The van der Waals surface area contributed by atoms with Gasteiger partial charge in [0.15, 0.2) is 0 Å². The molecule has 3 aromatic rings. The number of hydrogen-bond acceptors (Lipinski definition) is 5. The van der Waals surface area contributed by atoms with E-state index in [1.165, 1.54) is 0 Å². The van der Waals surface area contributed by atoms with Crippen molar-refractivity contribution in [1.82, 2.24) is 20.0 Å². The van der Waals surface area contributed by atoms with Crippen molar-refractivity contribution < 1.29 is 9.15 Å². The van der Waals surface area contributed by atoms with Gasteiger partial charge in [0.1, 0.15) is 5.75 Å². The summed E-state index contributed by atoms with van der Waals surface area (Å²) >= 11 is 0. The van der Waals surface area contributed by atoms with Crippen LogP contribution in [-0.2, 0) is 13.5 Å². The highest BCUT2D eigenvalue weighted by Gasteiger charge is 2.10. The van der Waals surface area contributed by atoms with Crippen LogP contribution in [0.5, 0.6) is 5.75 Å². The van der Waals surface area contributed by atoms with E-state index in [9.17, 15) is 0 Å². The molecule has 0 aliphatic carbocycles. The highest BCUT2D eigenvalue weighted by molar-refractivity contribution is 5.49. The molecular weight excluding hydrogens is 256 g/mol. The summed E-state index contributed by atoms with van der Waals surface area (Å²) in [6.07, 6.45) is 4.13. The summed E-state index contributed by atoms with van der Waals surface area (Å²) in [5.41, 5.74) is 1.91. The van der Waals surface area contributed by atoms with Crippen LogP contribution in [0, 0.1) is 0 Å². The molecule has 0 unspecified atom stereocenters. The molecule has 2 aromatic heterocycles. The Morgan fingerprint density at radius 3 is 2.65 bits per heavy atom. The standard InChI is InChI=1S/C14H14N4O2/c1-18-9-11(8-15-18)14-17-16-13(20-14)7-10-3-5-12(19-2)6-4-10/h3-6,8-9H,7H2,1-2H3. The zero-order chi connectivity index (χ0) is 13.9. The van der Waals surface area contributed by atoms with Gasteiger partial charge < -0.3 is 9.15 Å². The van der Waals surface area contributed by atoms with Crippen LogP contribution in [0.25, 0.3) is 11.5 Å². The van der Waals surface area contributed by atoms with Crippen molar-refractivity contribution in [3.63, 3.8) is 0 Å². The predicted octanol–water partition coefficient (Wildman–Crippen LogP) is 2.07. The molecule has 0 atom stereocenters. The molecule has 20 heavy (non-hydrogen) atoms. The Kier molecular flexibility index (Phi) is 3.20. The SMILES string of the molecule is COc1ccc(Cc2nnc(-c3cnn(C)c3)o2)cc1. The van der Waals surface area contributed by atoms with Gasteiger partial charge in [-0.2, -0.15) is 5.10 Å². The fourth-order valence-electron chi connectivity index (χ4n) is 1.89. The van der Waals surface area contributed by atoms with Crippen LogP contribution >= 0.6 is 0 Å². The fraction of sp³-hybridized carbons (Fsp3) is 0.214. The fourth-order valence-corrected chi connectivity index (χ4v) is 1.89. The third kappa shape index (κ3) is 2.54. The molecule has 0 aliphatic rings. The van der Waals surface area contributed by atoms with E-state index in [1.54, 1.807) is 18.0 Å². The lowest BCUT2D eigenvalue weighted by molar-refractivity contribution is 0.414. The molecule has 0 fully saturated rings. The smallest absolute Gasteiger partial charge is 0.250 e. The summed E-state index contributed by atoms with van der Waals surface area (Å²) in [4.78, 5) is 0. The zero-order valence-electron chi connectivity index (χ0n) is 11.3. The van der Waals surface area contributed by atoms with Gasteiger partial charge in [-0.15, -0.1) is 10.2 Å². The van der Waals surface area contributed by atoms with Crippen LogP contribution < -0.4 is 4.74 Å². The predicted molar refractivity (Wildman–Crippen MR) is 72.3 cm³/mol. The second-order valence-corrected chi connectivity index (χ2v) is 4.43. The third-order valence-corrected chi connectivity index (χ3v) is 2.93. The third-order valence-electron chi connectivity index (χ3n) is 2.93. The van der Waals surface area contributed by atoms with Gasteiger partial charge in [0.2, 0.25) is 5.89 Å². The van der Waals surface area contributed by atoms with Gasteiger partial charge in [-0.25, -0.2) is 0 Å². The molecule has 6 heteroatoms. The van der Waals surface area contributed by atoms with Crippen molar-refractivity contribution >= 4 is 0 Å². The zero-order valence-corrected chi connectivity index (χ0v) is 11.3. The van der Waals surface area contributed by atoms with Gasteiger partial charge in [-0.3, -0.25) is 4.68 Å². The first-order valence-electron chi connectivity index (χ1n) is 6.19. The van der Waals surface area contributed by atoms with E-state index in [-0.39, 0.29) is 0 Å². The summed E-state index contributed by atoms with van der Waals surface area (Å²) in [5.74, 6) is 1.89. The Balaban J connectivity index is 1.76. The molecule has 0 saturated heterocycles. The largest absolute Gasteiger partial charge is 0.497 e. The maximum Gasteiger partial charge on any atom is 0.250 e. The molecule has 0 aliphatic heterocycles. The number of benzene rings is 1. The Labute approximate surface area is 116 Å². The van der Waals surface area contributed by atoms with Crippen molar-refractivity contribution in [3.8, 4) is 17.2 Å². The first-order chi connectivity index (χ1) is 9.74. The van der Waals surface area contributed by atoms with Gasteiger partial charge in [-0.1, -0.05) is 12.1 Å². The Morgan fingerprint density at radius 1 is 1.20 bits per heavy atom. The van der Waals surface area contributed by atoms with Gasteiger partial charge in [0.25, 0.3) is 5.89 Å². The van der Waals surface area contributed by atoms with E-state index in [0.717, 1.165) is 16.9 Å². The van der Waals surface area contributed by atoms with Gasteiger partial charge in [0.05, 0.1) is 25.3 Å². The minimum absolute atomic E-state index is 0.488. The second kappa shape index (κ2) is 5.16. The summed E-state index contributed by atoms with van der Waals surface area (Å²) in [6.45, 7) is 0. The molecule has 0 spiro atoms. The van der Waals surface area contributed by atoms with Crippen molar-refractivity contribution in [2.75, 3.05) is 7.11 Å². The van der Waals surface area contributed by atoms with Crippen molar-refractivity contribution in [2.24, 2.45) is 7.05 Å². The van der Waals surface area contributed by atoms with Crippen molar-refractivity contribution in [3.05, 3.63) is 48.1 Å². The van der Waals surface area contributed by atoms with Gasteiger partial charge in [0, 0.05) is 13.2 Å². The lowest BCUT2D eigenvalue weighted by atomic mass is 10.1. The molecule has 0 amide bonds. The first-order valence-corrected chi connectivity index (χ1v) is 6.19. The number of rotatable bonds is 4. The van der Waals surface area contributed by atoms with Crippen LogP contribution in [0.2, 0.25) is 0 Å². The number of hydrogen-bond donors (Lipinski definition) is 0. The number of ether oxygens (including phenoxy) is 1. The van der Waals surface area contributed by atoms with Gasteiger partial charge >= 0.3 is 0 Å². The highest BCUT2D eigenvalue weighted by Crippen LogP contribution is 2.19. The Hall–Kier alpha value is -2.63. The van der Waals surface area contributed by atoms with E-state index in [2.05, 4.69) is 15.3 Å². The molecule has 0 saturated carbocycles. The number of aryl methyl sites for hydroxylation is 1. The maximum atomic E-state index is 5.64. The summed E-state index contributed by atoms with van der Waals surface area (Å²) in [5, 5.41) is 12.2. The molecule has 6 nitrogen and oxygen atoms in total. The Morgan fingerprint density at radius 2 is 2.00 bits per heavy atom. The number of methoxy groups -OCH3 is 1. The molecule has 3 rings (SSSR count). The summed E-state index contributed by atoms with van der Waals surface area (Å²) in [6, 6.07) is 7.78. The maximum absolute atomic E-state index is 5.64. The molecule has 1 aromatic carbocycles. The lowest BCUT2D eigenvalue weighted by Crippen LogP contribution is -1.89. The quantitative estimate of drug-likeness (QED) is 0.726. The van der Waals surface area contributed by atoms with E-state index in [0.29, 0.717) is 18.2 Å². The van der Waals surface area contributed by atoms with Gasteiger partial charge in [-0.05, 0) is 17.7 Å². The van der Waals surface area contributed by atoms with Crippen LogP contribution in [0.3, 0.4) is 0 Å². The van der Waals surface area contributed by atoms with Crippen LogP contribution in [0.4, 0.5) is 0 Å². The highest BCUT2D eigenvalue weighted by atomic mass is 16.5. The lowest BCUT2D eigenvalue weighted by Gasteiger charge is -2.00. The average molecular weight is 270 g/mol. The molecule has 0 radical (unpaired) electrons. The van der Waals surface area contributed by atoms with E-state index >= 15 is 0 Å². The minimum Gasteiger partial charge on any atom is -0.497 e. The molecule has 0 bridgehead atoms. The van der Waals surface area contributed by atoms with E-state index < -0.39 is 0 Å². The second-order valence-electron chi connectivity index (χ2n) is 4.43. The van der Waals surface area contributed by atoms with Crippen LogP contribution in [-0.4, -0.2) is 27.1 Å². The molecule has 2 heterocycles. The summed E-state index contributed by atoms with van der Waals surface area (Å²) in [7, 11) is 3.49. The van der Waals surface area contributed by atoms with Crippen LogP contribution in [0.15, 0.2) is 41.1 Å². The molecule has 102 valence electrons. The van der Waals surface area contributed by atoms with Crippen LogP contribution in [0.1, 0.15) is 11.5 Å². The van der Waals surface area contributed by atoms with E-state index in [1.807, 2.05) is 37.5 Å². The first kappa shape index (κ1) is 12.4. The van der Waals surface area contributed by atoms with E-state index in [4.69, 9.17) is 9.15 Å². The number of aromatic nitrogens is 4.